The molecule has 0 aliphatic heterocycles. The van der Waals surface area contributed by atoms with Crippen molar-refractivity contribution in [3.05, 3.63) is 28.9 Å². The number of carbonyl (C=O) groups excluding carboxylic acids is 1. The van der Waals surface area contributed by atoms with Crippen molar-refractivity contribution in [2.45, 2.75) is 25.7 Å². The van der Waals surface area contributed by atoms with Gasteiger partial charge in [0.25, 0.3) is 0 Å². The van der Waals surface area contributed by atoms with Gasteiger partial charge < -0.3 is 15.8 Å². The lowest BCUT2D eigenvalue weighted by molar-refractivity contribution is -0.140. The maximum Gasteiger partial charge on any atom is 0.305 e. The molecule has 0 atom stereocenters. The van der Waals surface area contributed by atoms with Crippen LogP contribution in [-0.4, -0.2) is 24.6 Å². The van der Waals surface area contributed by atoms with E-state index in [4.69, 9.17) is 5.73 Å². The quantitative estimate of drug-likeness (QED) is 0.444. The number of unbranched alkanes of at least 4 members (excludes halogenated alkanes) is 2. The first-order valence-corrected chi connectivity index (χ1v) is 8.06. The number of aromatic nitrogens is 1. The van der Waals surface area contributed by atoms with Gasteiger partial charge >= 0.3 is 5.97 Å². The van der Waals surface area contributed by atoms with E-state index in [-0.39, 0.29) is 5.97 Å². The van der Waals surface area contributed by atoms with E-state index in [1.54, 1.807) is 6.20 Å². The van der Waals surface area contributed by atoms with Crippen LogP contribution < -0.4 is 11.1 Å². The smallest absolute Gasteiger partial charge is 0.305 e. The lowest BCUT2D eigenvalue weighted by atomic mass is 10.1. The number of anilines is 2. The Labute approximate surface area is 138 Å². The van der Waals surface area contributed by atoms with Gasteiger partial charge in [0.2, 0.25) is 0 Å². The topological polar surface area (TPSA) is 77.2 Å². The molecule has 0 fully saturated rings. The number of fused-ring (bicyclic) bond motifs is 1. The number of benzene rings is 1. The molecule has 1 aromatic heterocycles. The van der Waals surface area contributed by atoms with E-state index in [2.05, 4.69) is 31.0 Å². The molecule has 0 bridgehead atoms. The van der Waals surface area contributed by atoms with Gasteiger partial charge in [0.15, 0.2) is 0 Å². The van der Waals surface area contributed by atoms with Gasteiger partial charge in [-0.05, 0) is 47.0 Å². The van der Waals surface area contributed by atoms with Crippen molar-refractivity contribution >= 4 is 44.2 Å². The van der Waals surface area contributed by atoms with Crippen LogP contribution in [0.4, 0.5) is 11.5 Å². The van der Waals surface area contributed by atoms with Crippen molar-refractivity contribution in [3.63, 3.8) is 0 Å². The molecule has 3 N–H and O–H groups in total. The molecule has 1 heterocycles. The molecule has 6 heteroatoms. The zero-order valence-corrected chi connectivity index (χ0v) is 14.1. The summed E-state index contributed by atoms with van der Waals surface area (Å²) < 4.78 is 5.50. The zero-order chi connectivity index (χ0) is 15.9. The molecule has 5 nitrogen and oxygen atoms in total. The number of nitrogens with one attached hydrogen (secondary N) is 1. The second-order valence-electron chi connectivity index (χ2n) is 5.03. The molecule has 0 amide bonds. The van der Waals surface area contributed by atoms with Gasteiger partial charge in [-0.1, -0.05) is 6.42 Å². The minimum Gasteiger partial charge on any atom is -0.469 e. The monoisotopic (exact) mass is 365 g/mol. The molecule has 0 aliphatic carbocycles. The number of halogens is 1. The number of rotatable bonds is 7. The Kier molecular flexibility index (Phi) is 6.00. The minimum absolute atomic E-state index is 0.148. The number of nitrogens with two attached hydrogens (primary N) is 1. The Morgan fingerprint density at radius 3 is 2.86 bits per heavy atom. The minimum atomic E-state index is -0.148. The number of pyridine rings is 1. The number of nitrogen functional groups attached to an aromatic ring is 1. The number of hydrogen-bond donors (Lipinski definition) is 2. The van der Waals surface area contributed by atoms with E-state index in [9.17, 15) is 4.79 Å². The number of methoxy groups -OCH3 is 1. The summed E-state index contributed by atoms with van der Waals surface area (Å²) in [5.41, 5.74) is 6.80. The maximum atomic E-state index is 11.0. The third-order valence-corrected chi connectivity index (χ3v) is 4.20. The van der Waals surface area contributed by atoms with Crippen molar-refractivity contribution in [3.8, 4) is 0 Å². The van der Waals surface area contributed by atoms with Crippen LogP contribution >= 0.6 is 15.9 Å². The van der Waals surface area contributed by atoms with Crippen LogP contribution in [0.5, 0.6) is 0 Å². The van der Waals surface area contributed by atoms with E-state index >= 15 is 0 Å². The SMILES string of the molecule is COC(=O)CCCCCNc1nccc2c(N)c(Br)ccc12. The Morgan fingerprint density at radius 1 is 1.27 bits per heavy atom. The highest BCUT2D eigenvalue weighted by molar-refractivity contribution is 9.10. The van der Waals surface area contributed by atoms with Crippen LogP contribution in [0.2, 0.25) is 0 Å². The molecule has 2 rings (SSSR count). The molecule has 22 heavy (non-hydrogen) atoms. The van der Waals surface area contributed by atoms with Gasteiger partial charge in [0.1, 0.15) is 5.82 Å². The van der Waals surface area contributed by atoms with Gasteiger partial charge in [0.05, 0.1) is 12.8 Å². The molecule has 0 aliphatic rings. The molecule has 1 aromatic carbocycles. The predicted molar refractivity (Wildman–Crippen MR) is 92.8 cm³/mol. The fourth-order valence-corrected chi connectivity index (χ4v) is 2.62. The summed E-state index contributed by atoms with van der Waals surface area (Å²) in [5, 5.41) is 5.33. The molecular formula is C16H20BrN3O2. The van der Waals surface area contributed by atoms with Gasteiger partial charge in [-0.2, -0.15) is 0 Å². The first-order valence-electron chi connectivity index (χ1n) is 7.27. The number of hydrogen-bond acceptors (Lipinski definition) is 5. The molecule has 118 valence electrons. The van der Waals surface area contributed by atoms with Crippen molar-refractivity contribution < 1.29 is 9.53 Å². The third kappa shape index (κ3) is 4.10. The Bertz CT molecular complexity index is 661. The van der Waals surface area contributed by atoms with Crippen LogP contribution in [-0.2, 0) is 9.53 Å². The normalized spacial score (nSPS) is 10.6. The maximum absolute atomic E-state index is 11.0. The summed E-state index contributed by atoms with van der Waals surface area (Å²) in [4.78, 5) is 15.4. The van der Waals surface area contributed by atoms with Crippen molar-refractivity contribution in [2.24, 2.45) is 0 Å². The van der Waals surface area contributed by atoms with E-state index < -0.39 is 0 Å². The van der Waals surface area contributed by atoms with Gasteiger partial charge in [-0.3, -0.25) is 4.79 Å². The highest BCUT2D eigenvalue weighted by Crippen LogP contribution is 2.31. The molecule has 0 spiro atoms. The lowest BCUT2D eigenvalue weighted by Crippen LogP contribution is -2.05. The van der Waals surface area contributed by atoms with Crippen molar-refractivity contribution in [1.82, 2.24) is 4.98 Å². The fourth-order valence-electron chi connectivity index (χ4n) is 2.27. The predicted octanol–water partition coefficient (Wildman–Crippen LogP) is 3.72. The van der Waals surface area contributed by atoms with E-state index in [1.807, 2.05) is 18.2 Å². The highest BCUT2D eigenvalue weighted by atomic mass is 79.9. The van der Waals surface area contributed by atoms with E-state index in [1.165, 1.54) is 7.11 Å². The summed E-state index contributed by atoms with van der Waals surface area (Å²) in [7, 11) is 1.42. The van der Waals surface area contributed by atoms with Crippen LogP contribution in [0.25, 0.3) is 10.8 Å². The molecule has 0 unspecified atom stereocenters. The second kappa shape index (κ2) is 7.98. The summed E-state index contributed by atoms with van der Waals surface area (Å²) in [6, 6.07) is 5.85. The number of carbonyl (C=O) groups is 1. The first-order chi connectivity index (χ1) is 10.6. The van der Waals surface area contributed by atoms with Crippen LogP contribution in [0.3, 0.4) is 0 Å². The molecule has 2 aromatic rings. The Balaban J connectivity index is 1.90. The van der Waals surface area contributed by atoms with Gasteiger partial charge in [-0.15, -0.1) is 0 Å². The Morgan fingerprint density at radius 2 is 2.09 bits per heavy atom. The fraction of sp³-hybridized carbons (Fsp3) is 0.375. The standard InChI is InChI=1S/C16H20BrN3O2/c1-22-14(21)5-3-2-4-9-19-16-12-6-7-13(17)15(18)11(12)8-10-20-16/h6-8,10H,2-5,9,18H2,1H3,(H,19,20). The van der Waals surface area contributed by atoms with Crippen molar-refractivity contribution in [1.29, 1.82) is 0 Å². The molecule has 0 radical (unpaired) electrons. The van der Waals surface area contributed by atoms with E-state index in [0.717, 1.165) is 52.6 Å². The first kappa shape index (κ1) is 16.5. The second-order valence-corrected chi connectivity index (χ2v) is 5.88. The summed E-state index contributed by atoms with van der Waals surface area (Å²) in [6.45, 7) is 0.809. The van der Waals surface area contributed by atoms with Crippen LogP contribution in [0, 0.1) is 0 Å². The summed E-state index contributed by atoms with van der Waals surface area (Å²) in [6.07, 6.45) is 5.02. The van der Waals surface area contributed by atoms with Crippen molar-refractivity contribution in [2.75, 3.05) is 24.7 Å². The number of nitrogens with zero attached hydrogens (tertiary/aromatic N) is 1. The summed E-state index contributed by atoms with van der Waals surface area (Å²) >= 11 is 3.44. The molecule has 0 saturated carbocycles. The summed E-state index contributed by atoms with van der Waals surface area (Å²) in [5.74, 6) is 0.689. The van der Waals surface area contributed by atoms with Crippen LogP contribution in [0.15, 0.2) is 28.9 Å². The van der Waals surface area contributed by atoms with Crippen LogP contribution in [0.1, 0.15) is 25.7 Å². The average molecular weight is 366 g/mol. The lowest BCUT2D eigenvalue weighted by Gasteiger charge is -2.10. The van der Waals surface area contributed by atoms with Gasteiger partial charge in [-0.25, -0.2) is 4.98 Å². The molecular weight excluding hydrogens is 346 g/mol. The third-order valence-electron chi connectivity index (χ3n) is 3.51. The van der Waals surface area contributed by atoms with E-state index in [0.29, 0.717) is 6.42 Å². The van der Waals surface area contributed by atoms with Gasteiger partial charge in [0, 0.05) is 34.4 Å². The zero-order valence-electron chi connectivity index (χ0n) is 12.6. The number of esters is 1. The largest absolute Gasteiger partial charge is 0.469 e. The Hall–Kier alpha value is -1.82. The number of ether oxygens (including phenoxy) is 1. The molecule has 0 saturated heterocycles. The average Bonchev–Trinajstić information content (AvgIpc) is 2.54. The highest BCUT2D eigenvalue weighted by Gasteiger charge is 2.07.